The summed E-state index contributed by atoms with van der Waals surface area (Å²) in [5.74, 6) is 0. The lowest BCUT2D eigenvalue weighted by molar-refractivity contribution is 0.722. The van der Waals surface area contributed by atoms with E-state index in [0.717, 1.165) is 40.3 Å². The summed E-state index contributed by atoms with van der Waals surface area (Å²) in [7, 11) is 0. The van der Waals surface area contributed by atoms with Crippen molar-refractivity contribution in [2.45, 2.75) is 12.6 Å². The fourth-order valence-corrected chi connectivity index (χ4v) is 6.90. The average Bonchev–Trinajstić information content (AvgIpc) is 3.46. The Hall–Kier alpha value is -5.87. The van der Waals surface area contributed by atoms with Crippen molar-refractivity contribution < 1.29 is 0 Å². The predicted octanol–water partition coefficient (Wildman–Crippen LogP) is 9.45. The number of benzene rings is 5. The Bertz CT molecular complexity index is 2350. The van der Waals surface area contributed by atoms with Crippen molar-refractivity contribution in [3.8, 4) is 28.1 Å². The largest absolute Gasteiger partial charge is 0.387 e. The quantitative estimate of drug-likeness (QED) is 0.204. The number of hydrogen-bond donors (Lipinski definition) is 2. The molecule has 2 aliphatic heterocycles. The van der Waals surface area contributed by atoms with Crippen LogP contribution in [0.15, 0.2) is 146 Å². The fourth-order valence-electron chi connectivity index (χ4n) is 6.90. The van der Waals surface area contributed by atoms with E-state index in [2.05, 4.69) is 149 Å². The van der Waals surface area contributed by atoms with Crippen LogP contribution in [0.25, 0.3) is 66.6 Å². The van der Waals surface area contributed by atoms with Gasteiger partial charge in [0.15, 0.2) is 0 Å². The number of pyridine rings is 1. The topological polar surface area (TPSA) is 41.9 Å². The maximum absolute atomic E-state index is 5.20. The molecule has 0 fully saturated rings. The molecule has 4 heterocycles. The first-order chi connectivity index (χ1) is 22.3. The molecule has 2 N–H and O–H groups in total. The Labute approximate surface area is 261 Å². The van der Waals surface area contributed by atoms with Gasteiger partial charge in [0, 0.05) is 28.7 Å². The second kappa shape index (κ2) is 10.4. The molecular formula is C41H30N4. The summed E-state index contributed by atoms with van der Waals surface area (Å²) in [6.45, 7) is 0.837. The molecule has 0 amide bonds. The van der Waals surface area contributed by atoms with Crippen LogP contribution in [0.3, 0.4) is 0 Å². The molecule has 0 saturated carbocycles. The van der Waals surface area contributed by atoms with Crippen molar-refractivity contribution in [1.82, 2.24) is 20.2 Å². The van der Waals surface area contributed by atoms with Gasteiger partial charge in [-0.25, -0.2) is 0 Å². The lowest BCUT2D eigenvalue weighted by atomic mass is 9.96. The van der Waals surface area contributed by atoms with Gasteiger partial charge in [-0.2, -0.15) is 0 Å². The van der Waals surface area contributed by atoms with Gasteiger partial charge < -0.3 is 15.2 Å². The van der Waals surface area contributed by atoms with Crippen LogP contribution >= 0.6 is 0 Å². The Morgan fingerprint density at radius 1 is 0.644 bits per heavy atom. The number of hydrogen-bond acceptors (Lipinski definition) is 3. The molecule has 1 atom stereocenters. The van der Waals surface area contributed by atoms with Gasteiger partial charge in [0.1, 0.15) is 0 Å². The van der Waals surface area contributed by atoms with Crippen LogP contribution in [0.2, 0.25) is 0 Å². The molecule has 0 radical (unpaired) electrons. The van der Waals surface area contributed by atoms with Gasteiger partial charge in [0.25, 0.3) is 0 Å². The zero-order valence-electron chi connectivity index (χ0n) is 24.6. The second-order valence-electron chi connectivity index (χ2n) is 11.8. The van der Waals surface area contributed by atoms with Gasteiger partial charge >= 0.3 is 0 Å². The molecule has 2 aromatic heterocycles. The van der Waals surface area contributed by atoms with Crippen LogP contribution in [-0.4, -0.2) is 9.55 Å². The minimum Gasteiger partial charge on any atom is -0.387 e. The zero-order valence-corrected chi connectivity index (χ0v) is 24.6. The normalized spacial score (nSPS) is 15.3. The van der Waals surface area contributed by atoms with Crippen molar-refractivity contribution in [1.29, 1.82) is 0 Å². The standard InChI is InChI=1S/C41H30N4/c1-2-8-33-28(7-1)12-13-29-23-30(16-19-34(29)33)38-24-31(25-39(44-38)37-10-5-6-21-43-37)27-14-17-32(18-15-27)45-40-11-4-3-9-35(40)36-26-42-22-20-41(36)45/h1-25,37,42-43H,26H2. The molecule has 4 heteroatoms. The van der Waals surface area contributed by atoms with Crippen LogP contribution in [0.4, 0.5) is 0 Å². The lowest BCUT2D eigenvalue weighted by Gasteiger charge is -2.18. The summed E-state index contributed by atoms with van der Waals surface area (Å²) in [5, 5.41) is 13.2. The number of nitrogens with one attached hydrogen (secondary N) is 2. The lowest BCUT2D eigenvalue weighted by Crippen LogP contribution is -2.16. The molecule has 0 saturated heterocycles. The van der Waals surface area contributed by atoms with Gasteiger partial charge in [-0.1, -0.05) is 91.0 Å². The van der Waals surface area contributed by atoms with Gasteiger partial charge in [-0.05, 0) is 93.6 Å². The summed E-state index contributed by atoms with van der Waals surface area (Å²) in [6.07, 6.45) is 12.5. The molecule has 1 unspecified atom stereocenters. The van der Waals surface area contributed by atoms with Gasteiger partial charge in [-0.15, -0.1) is 0 Å². The van der Waals surface area contributed by atoms with Crippen molar-refractivity contribution in [3.05, 3.63) is 163 Å². The maximum Gasteiger partial charge on any atom is 0.0869 e. The van der Waals surface area contributed by atoms with Crippen LogP contribution < -0.4 is 10.6 Å². The van der Waals surface area contributed by atoms with Crippen molar-refractivity contribution in [2.24, 2.45) is 0 Å². The second-order valence-corrected chi connectivity index (χ2v) is 11.8. The SMILES string of the molecule is C1=CNC(c2cc(-c3ccc(-n4c5c(c6ccccc64)CNC=C5)cc3)cc(-c3ccc4c(ccc5ccccc54)c3)n2)C=C1. The van der Waals surface area contributed by atoms with Crippen LogP contribution in [0.5, 0.6) is 0 Å². The summed E-state index contributed by atoms with van der Waals surface area (Å²) in [4.78, 5) is 5.20. The van der Waals surface area contributed by atoms with Crippen LogP contribution in [-0.2, 0) is 6.54 Å². The zero-order chi connectivity index (χ0) is 29.7. The third-order valence-corrected chi connectivity index (χ3v) is 9.11. The molecule has 4 nitrogen and oxygen atoms in total. The predicted molar refractivity (Wildman–Crippen MR) is 187 cm³/mol. The number of nitrogens with zero attached hydrogens (tertiary/aromatic N) is 2. The van der Waals surface area contributed by atoms with E-state index in [1.807, 2.05) is 18.5 Å². The van der Waals surface area contributed by atoms with E-state index in [0.29, 0.717) is 0 Å². The van der Waals surface area contributed by atoms with Gasteiger partial charge in [0.2, 0.25) is 0 Å². The van der Waals surface area contributed by atoms with E-state index in [9.17, 15) is 0 Å². The van der Waals surface area contributed by atoms with E-state index >= 15 is 0 Å². The summed E-state index contributed by atoms with van der Waals surface area (Å²) in [5.41, 5.74) is 10.3. The highest BCUT2D eigenvalue weighted by Gasteiger charge is 2.19. The molecule has 2 aliphatic rings. The molecule has 45 heavy (non-hydrogen) atoms. The Morgan fingerprint density at radius 3 is 2.33 bits per heavy atom. The van der Waals surface area contributed by atoms with Crippen molar-refractivity contribution in [3.63, 3.8) is 0 Å². The highest BCUT2D eigenvalue weighted by molar-refractivity contribution is 6.08. The first kappa shape index (κ1) is 25.6. The number of allylic oxidation sites excluding steroid dienone is 2. The van der Waals surface area contributed by atoms with Crippen molar-refractivity contribution in [2.75, 3.05) is 0 Å². The molecule has 0 spiro atoms. The minimum atomic E-state index is 0.00975. The molecule has 214 valence electrons. The number of para-hydroxylation sites is 1. The fraction of sp³-hybridized carbons (Fsp3) is 0.0488. The maximum atomic E-state index is 5.20. The minimum absolute atomic E-state index is 0.00975. The third kappa shape index (κ3) is 4.34. The first-order valence-corrected chi connectivity index (χ1v) is 15.5. The molecule has 0 bridgehead atoms. The monoisotopic (exact) mass is 578 g/mol. The summed E-state index contributed by atoms with van der Waals surface area (Å²) in [6, 6.07) is 41.8. The Balaban J connectivity index is 1.16. The first-order valence-electron chi connectivity index (χ1n) is 15.5. The number of fused-ring (bicyclic) bond motifs is 6. The molecule has 0 aliphatic carbocycles. The van der Waals surface area contributed by atoms with Crippen LogP contribution in [0, 0.1) is 0 Å². The smallest absolute Gasteiger partial charge is 0.0869 e. The number of aromatic nitrogens is 2. The number of rotatable bonds is 4. The Kier molecular flexibility index (Phi) is 5.91. The average molecular weight is 579 g/mol. The molecule has 9 rings (SSSR count). The highest BCUT2D eigenvalue weighted by atomic mass is 15.0. The van der Waals surface area contributed by atoms with Gasteiger partial charge in [-0.3, -0.25) is 4.98 Å². The summed E-state index contributed by atoms with van der Waals surface area (Å²) < 4.78 is 2.37. The highest BCUT2D eigenvalue weighted by Crippen LogP contribution is 2.35. The van der Waals surface area contributed by atoms with E-state index < -0.39 is 0 Å². The number of dihydropyridines is 1. The van der Waals surface area contributed by atoms with Gasteiger partial charge in [0.05, 0.1) is 28.6 Å². The molecular weight excluding hydrogens is 548 g/mol. The molecule has 7 aromatic rings. The van der Waals surface area contributed by atoms with E-state index in [-0.39, 0.29) is 6.04 Å². The Morgan fingerprint density at radius 2 is 1.44 bits per heavy atom. The van der Waals surface area contributed by atoms with E-state index in [1.165, 1.54) is 43.7 Å². The van der Waals surface area contributed by atoms with Crippen LogP contribution in [0.1, 0.15) is 23.0 Å². The molecule has 5 aromatic carbocycles. The summed E-state index contributed by atoms with van der Waals surface area (Å²) >= 11 is 0. The third-order valence-electron chi connectivity index (χ3n) is 9.11. The van der Waals surface area contributed by atoms with E-state index in [1.54, 1.807) is 0 Å². The van der Waals surface area contributed by atoms with E-state index in [4.69, 9.17) is 4.98 Å². The van der Waals surface area contributed by atoms with Crippen molar-refractivity contribution >= 4 is 38.5 Å².